The fourth-order valence-electron chi connectivity index (χ4n) is 5.32. The summed E-state index contributed by atoms with van der Waals surface area (Å²) >= 11 is 0. The highest BCUT2D eigenvalue weighted by atomic mass is 35.5. The van der Waals surface area contributed by atoms with Gasteiger partial charge >= 0.3 is 0 Å². The standard InChI is InChI=1S/C34H69N5O2.ClH/c1-3-5-7-9-11-12-13-14-15-16-17-18-19-20-21-22-24-28-32(40)39-31(27-26-30-38-34(35)36)33(41)37-29-25-23-10-8-6-4-2;/h31H,3-30H2,1-2H3,(H,37,41)(H,39,40)(H4,35,36,38);1H. The molecule has 1 unspecified atom stereocenters. The summed E-state index contributed by atoms with van der Waals surface area (Å²) in [5.41, 5.74) is 5.35. The molecule has 0 radical (unpaired) electrons. The van der Waals surface area contributed by atoms with Crippen LogP contribution in [0.5, 0.6) is 0 Å². The molecule has 2 amide bonds. The molecule has 6 N–H and O–H groups in total. The molecule has 250 valence electrons. The van der Waals surface area contributed by atoms with E-state index >= 15 is 0 Å². The summed E-state index contributed by atoms with van der Waals surface area (Å²) in [4.78, 5) is 25.3. The fraction of sp³-hybridized carbons (Fsp3) is 0.912. The average Bonchev–Trinajstić information content (AvgIpc) is 2.95. The number of unbranched alkanes of at least 4 members (excludes halogenated alkanes) is 21. The van der Waals surface area contributed by atoms with Gasteiger partial charge in [-0.25, -0.2) is 0 Å². The number of nitrogens with one attached hydrogen (secondary N) is 4. The Bertz CT molecular complexity index is 621. The van der Waals surface area contributed by atoms with Crippen LogP contribution in [0.25, 0.3) is 0 Å². The van der Waals surface area contributed by atoms with Crippen LogP contribution >= 0.6 is 12.4 Å². The van der Waals surface area contributed by atoms with E-state index < -0.39 is 6.04 Å². The van der Waals surface area contributed by atoms with Gasteiger partial charge in [-0.05, 0) is 25.7 Å². The second-order valence-electron chi connectivity index (χ2n) is 12.1. The number of carbonyl (C=O) groups excluding carboxylic acids is 2. The third-order valence-corrected chi connectivity index (χ3v) is 7.97. The zero-order chi connectivity index (χ0) is 30.2. The maximum Gasteiger partial charge on any atom is 0.242 e. The van der Waals surface area contributed by atoms with Crippen molar-refractivity contribution in [3.8, 4) is 0 Å². The summed E-state index contributed by atoms with van der Waals surface area (Å²) in [5, 5.41) is 16.0. The molecule has 0 bridgehead atoms. The van der Waals surface area contributed by atoms with Gasteiger partial charge in [0.2, 0.25) is 11.8 Å². The number of nitrogens with two attached hydrogens (primary N) is 1. The summed E-state index contributed by atoms with van der Waals surface area (Å²) < 4.78 is 0. The molecule has 0 aromatic rings. The lowest BCUT2D eigenvalue weighted by atomic mass is 10.0. The van der Waals surface area contributed by atoms with Crippen molar-refractivity contribution in [3.63, 3.8) is 0 Å². The maximum atomic E-state index is 12.8. The summed E-state index contributed by atoms with van der Waals surface area (Å²) in [6.45, 7) is 5.66. The van der Waals surface area contributed by atoms with E-state index in [1.165, 1.54) is 122 Å². The number of rotatable bonds is 31. The highest BCUT2D eigenvalue weighted by molar-refractivity contribution is 5.87. The maximum absolute atomic E-state index is 12.8. The summed E-state index contributed by atoms with van der Waals surface area (Å²) in [6.07, 6.45) is 31.2. The number of guanidine groups is 1. The first kappa shape index (κ1) is 42.6. The van der Waals surface area contributed by atoms with Crippen molar-refractivity contribution in [3.05, 3.63) is 0 Å². The summed E-state index contributed by atoms with van der Waals surface area (Å²) in [5.74, 6) is -0.209. The van der Waals surface area contributed by atoms with E-state index in [0.717, 1.165) is 25.7 Å². The Labute approximate surface area is 266 Å². The van der Waals surface area contributed by atoms with E-state index in [9.17, 15) is 9.59 Å². The van der Waals surface area contributed by atoms with Crippen LogP contribution in [0.15, 0.2) is 0 Å². The minimum absolute atomic E-state index is 0. The zero-order valence-corrected chi connectivity index (χ0v) is 28.5. The molecule has 0 aromatic carbocycles. The Kier molecular flexibility index (Phi) is 34.5. The highest BCUT2D eigenvalue weighted by Crippen LogP contribution is 2.14. The van der Waals surface area contributed by atoms with Crippen molar-refractivity contribution in [2.24, 2.45) is 5.73 Å². The first-order valence-corrected chi connectivity index (χ1v) is 17.7. The van der Waals surface area contributed by atoms with Gasteiger partial charge in [0.05, 0.1) is 0 Å². The molecule has 0 heterocycles. The van der Waals surface area contributed by atoms with Crippen molar-refractivity contribution < 1.29 is 9.59 Å². The Morgan fingerprint density at radius 2 is 0.952 bits per heavy atom. The number of halogens is 1. The third kappa shape index (κ3) is 31.4. The Hall–Kier alpha value is -1.50. The average molecular weight is 616 g/mol. The third-order valence-electron chi connectivity index (χ3n) is 7.97. The molecular weight excluding hydrogens is 546 g/mol. The molecule has 42 heavy (non-hydrogen) atoms. The molecule has 0 fully saturated rings. The number of hydrogen-bond donors (Lipinski definition) is 5. The smallest absolute Gasteiger partial charge is 0.242 e. The van der Waals surface area contributed by atoms with Crippen LogP contribution in [0.3, 0.4) is 0 Å². The van der Waals surface area contributed by atoms with Crippen LogP contribution in [-0.2, 0) is 9.59 Å². The molecular formula is C34H70ClN5O2. The molecule has 0 aromatic heterocycles. The van der Waals surface area contributed by atoms with Gasteiger partial charge in [-0.1, -0.05) is 149 Å². The quantitative estimate of drug-likeness (QED) is 0.0304. The van der Waals surface area contributed by atoms with Crippen molar-refractivity contribution in [1.82, 2.24) is 16.0 Å². The van der Waals surface area contributed by atoms with E-state index in [1.54, 1.807) is 0 Å². The lowest BCUT2D eigenvalue weighted by molar-refractivity contribution is -0.129. The highest BCUT2D eigenvalue weighted by Gasteiger charge is 2.20. The molecule has 0 aliphatic heterocycles. The van der Waals surface area contributed by atoms with Gasteiger partial charge in [0.25, 0.3) is 0 Å². The van der Waals surface area contributed by atoms with Crippen molar-refractivity contribution in [2.75, 3.05) is 13.1 Å². The molecule has 7 nitrogen and oxygen atoms in total. The second-order valence-corrected chi connectivity index (χ2v) is 12.1. The minimum Gasteiger partial charge on any atom is -0.370 e. The van der Waals surface area contributed by atoms with Gasteiger partial charge in [-0.15, -0.1) is 12.4 Å². The van der Waals surface area contributed by atoms with Crippen LogP contribution in [0, 0.1) is 5.41 Å². The van der Waals surface area contributed by atoms with Crippen molar-refractivity contribution in [1.29, 1.82) is 5.41 Å². The molecule has 0 rings (SSSR count). The second kappa shape index (κ2) is 34.0. The normalized spacial score (nSPS) is 11.5. The van der Waals surface area contributed by atoms with E-state index in [0.29, 0.717) is 32.4 Å². The van der Waals surface area contributed by atoms with Crippen LogP contribution in [-0.4, -0.2) is 36.9 Å². The monoisotopic (exact) mass is 616 g/mol. The number of hydrogen-bond acceptors (Lipinski definition) is 3. The largest absolute Gasteiger partial charge is 0.370 e. The molecule has 0 saturated carbocycles. The SMILES string of the molecule is CCCCCCCCCCCCCCCCCCCC(=O)NC(CCCNC(=N)N)C(=O)NCCCCCCCC.Cl. The Balaban J connectivity index is 0. The molecule has 0 aliphatic carbocycles. The zero-order valence-electron chi connectivity index (χ0n) is 27.7. The Morgan fingerprint density at radius 1 is 0.571 bits per heavy atom. The minimum atomic E-state index is -0.526. The predicted octanol–water partition coefficient (Wildman–Crippen LogP) is 8.67. The molecule has 8 heteroatoms. The summed E-state index contributed by atoms with van der Waals surface area (Å²) in [6, 6.07) is -0.526. The lowest BCUT2D eigenvalue weighted by Gasteiger charge is -2.19. The number of carbonyl (C=O) groups is 2. The molecule has 0 saturated heterocycles. The van der Waals surface area contributed by atoms with Gasteiger partial charge in [-0.2, -0.15) is 0 Å². The van der Waals surface area contributed by atoms with Gasteiger partial charge in [0.15, 0.2) is 5.96 Å². The van der Waals surface area contributed by atoms with Crippen LogP contribution in [0.1, 0.15) is 181 Å². The predicted molar refractivity (Wildman–Crippen MR) is 183 cm³/mol. The van der Waals surface area contributed by atoms with Crippen molar-refractivity contribution >= 4 is 30.2 Å². The summed E-state index contributed by atoms with van der Waals surface area (Å²) in [7, 11) is 0. The van der Waals surface area contributed by atoms with Crippen LogP contribution in [0.2, 0.25) is 0 Å². The fourth-order valence-corrected chi connectivity index (χ4v) is 5.32. The van der Waals surface area contributed by atoms with Crippen LogP contribution in [0.4, 0.5) is 0 Å². The molecule has 0 spiro atoms. The van der Waals surface area contributed by atoms with Gasteiger partial charge in [0, 0.05) is 19.5 Å². The first-order valence-electron chi connectivity index (χ1n) is 17.7. The van der Waals surface area contributed by atoms with E-state index in [2.05, 4.69) is 29.8 Å². The molecule has 1 atom stereocenters. The molecule has 0 aliphatic rings. The van der Waals surface area contributed by atoms with Crippen LogP contribution < -0.4 is 21.7 Å². The van der Waals surface area contributed by atoms with E-state index in [-0.39, 0.29) is 30.2 Å². The van der Waals surface area contributed by atoms with Gasteiger partial charge < -0.3 is 21.7 Å². The van der Waals surface area contributed by atoms with E-state index in [1.807, 2.05) is 0 Å². The van der Waals surface area contributed by atoms with E-state index in [4.69, 9.17) is 11.1 Å². The number of amides is 2. The first-order chi connectivity index (χ1) is 20.0. The Morgan fingerprint density at radius 3 is 1.38 bits per heavy atom. The topological polar surface area (TPSA) is 120 Å². The lowest BCUT2D eigenvalue weighted by Crippen LogP contribution is -2.47. The van der Waals surface area contributed by atoms with Gasteiger partial charge in [0.1, 0.15) is 6.04 Å². The van der Waals surface area contributed by atoms with Gasteiger partial charge in [-0.3, -0.25) is 15.0 Å². The van der Waals surface area contributed by atoms with Crippen molar-refractivity contribution in [2.45, 2.75) is 187 Å².